The molecule has 0 aliphatic heterocycles. The number of rotatable bonds is 6. The van der Waals surface area contributed by atoms with Crippen molar-refractivity contribution in [3.63, 3.8) is 0 Å². The van der Waals surface area contributed by atoms with Crippen molar-refractivity contribution in [2.24, 2.45) is 5.92 Å². The number of nitrogens with zero attached hydrogens (tertiary/aromatic N) is 1. The van der Waals surface area contributed by atoms with Gasteiger partial charge in [-0.15, -0.1) is 0 Å². The van der Waals surface area contributed by atoms with Crippen molar-refractivity contribution in [1.29, 1.82) is 5.26 Å². The standard InChI is InChI=1S/C14H26N2OS/c1-11(2)16-14(10-15)6-4-5-13(7-14)18-9-12(3)8-17/h11-13,16-17H,4-9H2,1-3H3. The SMILES string of the molecule is CC(CO)CSC1CCCC(C#N)(NC(C)C)C1. The summed E-state index contributed by atoms with van der Waals surface area (Å²) in [6, 6.07) is 2.86. The average molecular weight is 270 g/mol. The molecule has 4 heteroatoms. The molecule has 1 saturated carbocycles. The number of thioether (sulfide) groups is 1. The lowest BCUT2D eigenvalue weighted by atomic mass is 9.82. The van der Waals surface area contributed by atoms with Crippen molar-refractivity contribution in [2.45, 2.75) is 63.3 Å². The Bertz CT molecular complexity index is 290. The Balaban J connectivity index is 2.51. The van der Waals surface area contributed by atoms with Crippen LogP contribution in [0.2, 0.25) is 0 Å². The van der Waals surface area contributed by atoms with Gasteiger partial charge in [0, 0.05) is 17.9 Å². The minimum atomic E-state index is -0.327. The first-order valence-corrected chi connectivity index (χ1v) is 7.97. The topological polar surface area (TPSA) is 56.0 Å². The molecule has 18 heavy (non-hydrogen) atoms. The van der Waals surface area contributed by atoms with Gasteiger partial charge in [-0.05, 0) is 51.2 Å². The van der Waals surface area contributed by atoms with E-state index in [0.717, 1.165) is 25.0 Å². The number of hydrogen-bond acceptors (Lipinski definition) is 4. The monoisotopic (exact) mass is 270 g/mol. The lowest BCUT2D eigenvalue weighted by Crippen LogP contribution is -2.51. The molecule has 0 aromatic carbocycles. The molecule has 1 aliphatic rings. The number of aliphatic hydroxyl groups is 1. The van der Waals surface area contributed by atoms with Crippen molar-refractivity contribution < 1.29 is 5.11 Å². The van der Waals surface area contributed by atoms with E-state index in [-0.39, 0.29) is 12.1 Å². The highest BCUT2D eigenvalue weighted by molar-refractivity contribution is 7.99. The molecule has 1 rings (SSSR count). The lowest BCUT2D eigenvalue weighted by molar-refractivity contribution is 0.250. The van der Waals surface area contributed by atoms with E-state index in [0.29, 0.717) is 17.2 Å². The van der Waals surface area contributed by atoms with Gasteiger partial charge in [0.05, 0.1) is 6.07 Å². The first-order valence-electron chi connectivity index (χ1n) is 6.93. The minimum Gasteiger partial charge on any atom is -0.396 e. The van der Waals surface area contributed by atoms with Crippen molar-refractivity contribution >= 4 is 11.8 Å². The average Bonchev–Trinajstić information content (AvgIpc) is 2.35. The fraction of sp³-hybridized carbons (Fsp3) is 0.929. The Morgan fingerprint density at radius 2 is 2.22 bits per heavy atom. The number of aliphatic hydroxyl groups excluding tert-OH is 1. The van der Waals surface area contributed by atoms with Crippen LogP contribution >= 0.6 is 11.8 Å². The smallest absolute Gasteiger partial charge is 0.108 e. The van der Waals surface area contributed by atoms with Crippen LogP contribution in [0, 0.1) is 17.2 Å². The van der Waals surface area contributed by atoms with E-state index in [2.05, 4.69) is 32.2 Å². The Morgan fingerprint density at radius 3 is 2.78 bits per heavy atom. The third-order valence-electron chi connectivity index (χ3n) is 3.41. The molecule has 0 amide bonds. The Kier molecular flexibility index (Phi) is 6.48. The maximum absolute atomic E-state index is 9.47. The summed E-state index contributed by atoms with van der Waals surface area (Å²) in [5.41, 5.74) is -0.327. The highest BCUT2D eigenvalue weighted by Crippen LogP contribution is 2.35. The lowest BCUT2D eigenvalue weighted by Gasteiger charge is -2.37. The van der Waals surface area contributed by atoms with Gasteiger partial charge in [0.25, 0.3) is 0 Å². The van der Waals surface area contributed by atoms with Gasteiger partial charge in [0.1, 0.15) is 5.54 Å². The zero-order chi connectivity index (χ0) is 13.6. The van der Waals surface area contributed by atoms with E-state index in [9.17, 15) is 5.26 Å². The van der Waals surface area contributed by atoms with Crippen molar-refractivity contribution in [3.05, 3.63) is 0 Å². The molecule has 104 valence electrons. The van der Waals surface area contributed by atoms with Crippen LogP contribution in [0.25, 0.3) is 0 Å². The molecule has 0 aromatic heterocycles. The van der Waals surface area contributed by atoms with Crippen LogP contribution in [0.3, 0.4) is 0 Å². The predicted molar refractivity (Wildman–Crippen MR) is 77.6 cm³/mol. The molecule has 1 aliphatic carbocycles. The maximum Gasteiger partial charge on any atom is 0.108 e. The van der Waals surface area contributed by atoms with Crippen LogP contribution < -0.4 is 5.32 Å². The van der Waals surface area contributed by atoms with Gasteiger partial charge in [-0.3, -0.25) is 5.32 Å². The summed E-state index contributed by atoms with van der Waals surface area (Å²) in [6.45, 7) is 6.53. The second-order valence-corrected chi connectivity index (χ2v) is 7.17. The molecule has 0 radical (unpaired) electrons. The zero-order valence-corrected chi connectivity index (χ0v) is 12.6. The van der Waals surface area contributed by atoms with E-state index in [1.54, 1.807) is 0 Å². The number of hydrogen-bond donors (Lipinski definition) is 2. The van der Waals surface area contributed by atoms with Gasteiger partial charge in [0.2, 0.25) is 0 Å². The third kappa shape index (κ3) is 4.79. The normalized spacial score (nSPS) is 30.1. The van der Waals surface area contributed by atoms with E-state index in [1.165, 1.54) is 6.42 Å². The van der Waals surface area contributed by atoms with Crippen molar-refractivity contribution in [2.75, 3.05) is 12.4 Å². The fourth-order valence-electron chi connectivity index (χ4n) is 2.54. The summed E-state index contributed by atoms with van der Waals surface area (Å²) in [5, 5.41) is 22.5. The number of nitrogens with one attached hydrogen (secondary N) is 1. The third-order valence-corrected chi connectivity index (χ3v) is 5.05. The summed E-state index contributed by atoms with van der Waals surface area (Å²) >= 11 is 1.92. The molecule has 0 saturated heterocycles. The van der Waals surface area contributed by atoms with Gasteiger partial charge in [0.15, 0.2) is 0 Å². The second-order valence-electron chi connectivity index (χ2n) is 5.83. The van der Waals surface area contributed by atoms with Gasteiger partial charge >= 0.3 is 0 Å². The zero-order valence-electron chi connectivity index (χ0n) is 11.8. The molecule has 3 nitrogen and oxygen atoms in total. The van der Waals surface area contributed by atoms with Crippen LogP contribution in [0.15, 0.2) is 0 Å². The molecule has 2 N–H and O–H groups in total. The highest BCUT2D eigenvalue weighted by atomic mass is 32.2. The highest BCUT2D eigenvalue weighted by Gasteiger charge is 2.37. The molecule has 3 unspecified atom stereocenters. The molecule has 0 bridgehead atoms. The van der Waals surface area contributed by atoms with Crippen molar-refractivity contribution in [3.8, 4) is 6.07 Å². The maximum atomic E-state index is 9.47. The Morgan fingerprint density at radius 1 is 1.50 bits per heavy atom. The molecule has 1 fully saturated rings. The molecular formula is C14H26N2OS. The van der Waals surface area contributed by atoms with Crippen LogP contribution in [0.5, 0.6) is 0 Å². The summed E-state index contributed by atoms with van der Waals surface area (Å²) in [6.07, 6.45) is 4.23. The van der Waals surface area contributed by atoms with E-state index in [1.807, 2.05) is 11.8 Å². The second kappa shape index (κ2) is 7.37. The van der Waals surface area contributed by atoms with E-state index in [4.69, 9.17) is 5.11 Å². The van der Waals surface area contributed by atoms with E-state index >= 15 is 0 Å². The van der Waals surface area contributed by atoms with Crippen LogP contribution in [-0.4, -0.2) is 34.3 Å². The van der Waals surface area contributed by atoms with Crippen LogP contribution in [0.1, 0.15) is 46.5 Å². The van der Waals surface area contributed by atoms with Crippen molar-refractivity contribution in [1.82, 2.24) is 5.32 Å². The minimum absolute atomic E-state index is 0.257. The summed E-state index contributed by atoms with van der Waals surface area (Å²) < 4.78 is 0. The van der Waals surface area contributed by atoms with Gasteiger partial charge in [-0.2, -0.15) is 17.0 Å². The molecule has 3 atom stereocenters. The van der Waals surface area contributed by atoms with Crippen LogP contribution in [-0.2, 0) is 0 Å². The first-order chi connectivity index (χ1) is 8.51. The van der Waals surface area contributed by atoms with E-state index < -0.39 is 0 Å². The van der Waals surface area contributed by atoms with Gasteiger partial charge < -0.3 is 5.11 Å². The fourth-order valence-corrected chi connectivity index (χ4v) is 3.98. The Labute approximate surface area is 115 Å². The summed E-state index contributed by atoms with van der Waals surface area (Å²) in [4.78, 5) is 0. The number of nitriles is 1. The molecule has 0 spiro atoms. The van der Waals surface area contributed by atoms with Gasteiger partial charge in [-0.25, -0.2) is 0 Å². The summed E-state index contributed by atoms with van der Waals surface area (Å²) in [5.74, 6) is 1.34. The largest absolute Gasteiger partial charge is 0.396 e. The molecular weight excluding hydrogens is 244 g/mol. The Hall–Kier alpha value is -0.240. The summed E-state index contributed by atoms with van der Waals surface area (Å²) in [7, 11) is 0. The molecule has 0 aromatic rings. The first kappa shape index (κ1) is 15.8. The van der Waals surface area contributed by atoms with Crippen LogP contribution in [0.4, 0.5) is 0 Å². The quantitative estimate of drug-likeness (QED) is 0.779. The van der Waals surface area contributed by atoms with Gasteiger partial charge in [-0.1, -0.05) is 6.92 Å². The molecule has 0 heterocycles. The predicted octanol–water partition coefficient (Wildman–Crippen LogP) is 2.55.